The zero-order valence-electron chi connectivity index (χ0n) is 9.52. The average Bonchev–Trinajstić information content (AvgIpc) is 2.14. The molecule has 14 heavy (non-hydrogen) atoms. The van der Waals surface area contributed by atoms with Crippen LogP contribution in [-0.2, 0) is 4.79 Å². The summed E-state index contributed by atoms with van der Waals surface area (Å²) in [6, 6.07) is -0.136. The summed E-state index contributed by atoms with van der Waals surface area (Å²) in [7, 11) is 0. The van der Waals surface area contributed by atoms with E-state index < -0.39 is 0 Å². The molecule has 0 aromatic rings. The Morgan fingerprint density at radius 3 is 2.64 bits per heavy atom. The quantitative estimate of drug-likeness (QED) is 0.480. The van der Waals surface area contributed by atoms with E-state index in [9.17, 15) is 4.79 Å². The van der Waals surface area contributed by atoms with E-state index in [0.29, 0.717) is 6.54 Å². The van der Waals surface area contributed by atoms with Gasteiger partial charge in [0.1, 0.15) is 0 Å². The molecule has 1 atom stereocenters. The third-order valence-electron chi connectivity index (χ3n) is 1.93. The standard InChI is InChI=1S/C11H22N2O/c1-5-6-7-12-11(14)10(4)13-8-9(2)3/h10,13H,2,5-8H2,1,3-4H3,(H,12,14). The predicted octanol–water partition coefficient (Wildman–Crippen LogP) is 1.46. The van der Waals surface area contributed by atoms with Crippen LogP contribution in [0.2, 0.25) is 0 Å². The molecule has 0 bridgehead atoms. The van der Waals surface area contributed by atoms with E-state index in [1.54, 1.807) is 0 Å². The minimum absolute atomic E-state index is 0.0692. The molecule has 0 saturated heterocycles. The molecule has 3 nitrogen and oxygen atoms in total. The van der Waals surface area contributed by atoms with Gasteiger partial charge in [0, 0.05) is 13.1 Å². The van der Waals surface area contributed by atoms with Crippen molar-refractivity contribution in [3.05, 3.63) is 12.2 Å². The van der Waals surface area contributed by atoms with E-state index in [4.69, 9.17) is 0 Å². The van der Waals surface area contributed by atoms with Crippen LogP contribution < -0.4 is 10.6 Å². The Kier molecular flexibility index (Phi) is 7.11. The molecule has 82 valence electrons. The number of hydrogen-bond donors (Lipinski definition) is 2. The molecule has 3 heteroatoms. The van der Waals surface area contributed by atoms with Gasteiger partial charge in [-0.25, -0.2) is 0 Å². The third-order valence-corrected chi connectivity index (χ3v) is 1.93. The fraction of sp³-hybridized carbons (Fsp3) is 0.727. The molecule has 0 heterocycles. The maximum atomic E-state index is 11.4. The molecule has 0 aliphatic heterocycles. The highest BCUT2D eigenvalue weighted by Gasteiger charge is 2.10. The topological polar surface area (TPSA) is 41.1 Å². The molecule has 1 amide bonds. The number of amides is 1. The first kappa shape index (κ1) is 13.2. The molecule has 0 aromatic carbocycles. The summed E-state index contributed by atoms with van der Waals surface area (Å²) >= 11 is 0. The Bertz CT molecular complexity index is 190. The molecule has 0 aliphatic carbocycles. The highest BCUT2D eigenvalue weighted by atomic mass is 16.2. The summed E-state index contributed by atoms with van der Waals surface area (Å²) in [5.41, 5.74) is 1.04. The number of carbonyl (C=O) groups is 1. The highest BCUT2D eigenvalue weighted by molar-refractivity contribution is 5.81. The van der Waals surface area contributed by atoms with Crippen LogP contribution in [0.5, 0.6) is 0 Å². The second-order valence-electron chi connectivity index (χ2n) is 3.70. The Balaban J connectivity index is 3.59. The van der Waals surface area contributed by atoms with Crippen molar-refractivity contribution in [3.63, 3.8) is 0 Å². The summed E-state index contributed by atoms with van der Waals surface area (Å²) in [5, 5.41) is 5.97. The molecule has 0 saturated carbocycles. The molecule has 0 spiro atoms. The van der Waals surface area contributed by atoms with Crippen LogP contribution in [0.1, 0.15) is 33.6 Å². The van der Waals surface area contributed by atoms with E-state index in [1.165, 1.54) is 0 Å². The van der Waals surface area contributed by atoms with Gasteiger partial charge in [-0.15, -0.1) is 0 Å². The monoisotopic (exact) mass is 198 g/mol. The first-order valence-electron chi connectivity index (χ1n) is 5.23. The molecule has 0 fully saturated rings. The Hall–Kier alpha value is -0.830. The van der Waals surface area contributed by atoms with E-state index >= 15 is 0 Å². The molecular formula is C11H22N2O. The van der Waals surface area contributed by atoms with Gasteiger partial charge < -0.3 is 10.6 Å². The van der Waals surface area contributed by atoms with Gasteiger partial charge in [-0.1, -0.05) is 25.5 Å². The van der Waals surface area contributed by atoms with Crippen LogP contribution in [0.3, 0.4) is 0 Å². The van der Waals surface area contributed by atoms with E-state index in [-0.39, 0.29) is 11.9 Å². The number of carbonyl (C=O) groups excluding carboxylic acids is 1. The molecule has 2 N–H and O–H groups in total. The normalized spacial score (nSPS) is 12.2. The Morgan fingerprint density at radius 1 is 1.50 bits per heavy atom. The van der Waals surface area contributed by atoms with Crippen molar-refractivity contribution in [1.29, 1.82) is 0 Å². The number of rotatable bonds is 7. The first-order chi connectivity index (χ1) is 6.57. The maximum absolute atomic E-state index is 11.4. The van der Waals surface area contributed by atoms with Crippen LogP contribution in [0, 0.1) is 0 Å². The van der Waals surface area contributed by atoms with Crippen molar-refractivity contribution in [2.24, 2.45) is 0 Å². The third kappa shape index (κ3) is 6.66. The maximum Gasteiger partial charge on any atom is 0.236 e. The lowest BCUT2D eigenvalue weighted by Gasteiger charge is -2.13. The molecule has 0 aromatic heterocycles. The van der Waals surface area contributed by atoms with E-state index in [2.05, 4.69) is 24.1 Å². The molecule has 0 rings (SSSR count). The predicted molar refractivity (Wildman–Crippen MR) is 60.2 cm³/mol. The van der Waals surface area contributed by atoms with Gasteiger partial charge in [-0.05, 0) is 20.3 Å². The molecular weight excluding hydrogens is 176 g/mol. The average molecular weight is 198 g/mol. The summed E-state index contributed by atoms with van der Waals surface area (Å²) in [4.78, 5) is 11.4. The summed E-state index contributed by atoms with van der Waals surface area (Å²) in [5.74, 6) is 0.0692. The van der Waals surface area contributed by atoms with Crippen molar-refractivity contribution in [2.75, 3.05) is 13.1 Å². The fourth-order valence-electron chi connectivity index (χ4n) is 0.961. The highest BCUT2D eigenvalue weighted by Crippen LogP contribution is 1.88. The largest absolute Gasteiger partial charge is 0.355 e. The minimum Gasteiger partial charge on any atom is -0.355 e. The second kappa shape index (κ2) is 7.56. The van der Waals surface area contributed by atoms with Crippen LogP contribution in [0.15, 0.2) is 12.2 Å². The second-order valence-corrected chi connectivity index (χ2v) is 3.70. The first-order valence-corrected chi connectivity index (χ1v) is 5.23. The van der Waals surface area contributed by atoms with Gasteiger partial charge in [-0.2, -0.15) is 0 Å². The van der Waals surface area contributed by atoms with Crippen molar-refractivity contribution in [2.45, 2.75) is 39.7 Å². The van der Waals surface area contributed by atoms with Crippen molar-refractivity contribution < 1.29 is 4.79 Å². The van der Waals surface area contributed by atoms with Gasteiger partial charge in [0.25, 0.3) is 0 Å². The van der Waals surface area contributed by atoms with Gasteiger partial charge in [0.05, 0.1) is 6.04 Å². The number of nitrogens with one attached hydrogen (secondary N) is 2. The van der Waals surface area contributed by atoms with Crippen molar-refractivity contribution >= 4 is 5.91 Å². The van der Waals surface area contributed by atoms with Crippen LogP contribution in [0.4, 0.5) is 0 Å². The van der Waals surface area contributed by atoms with Crippen LogP contribution in [-0.4, -0.2) is 25.0 Å². The summed E-state index contributed by atoms with van der Waals surface area (Å²) in [6.45, 7) is 11.1. The number of hydrogen-bond acceptors (Lipinski definition) is 2. The Labute approximate surface area is 87.0 Å². The lowest BCUT2D eigenvalue weighted by molar-refractivity contribution is -0.122. The summed E-state index contributed by atoms with van der Waals surface area (Å²) < 4.78 is 0. The number of unbranched alkanes of at least 4 members (excludes halogenated alkanes) is 1. The minimum atomic E-state index is -0.136. The fourth-order valence-corrected chi connectivity index (χ4v) is 0.961. The van der Waals surface area contributed by atoms with Crippen LogP contribution >= 0.6 is 0 Å². The van der Waals surface area contributed by atoms with Gasteiger partial charge in [-0.3, -0.25) is 4.79 Å². The lowest BCUT2D eigenvalue weighted by atomic mass is 10.2. The van der Waals surface area contributed by atoms with Gasteiger partial charge >= 0.3 is 0 Å². The zero-order valence-corrected chi connectivity index (χ0v) is 9.52. The molecule has 0 aliphatic rings. The SMILES string of the molecule is C=C(C)CNC(C)C(=O)NCCCC. The Morgan fingerprint density at radius 2 is 2.14 bits per heavy atom. The van der Waals surface area contributed by atoms with Crippen molar-refractivity contribution in [1.82, 2.24) is 10.6 Å². The smallest absolute Gasteiger partial charge is 0.236 e. The van der Waals surface area contributed by atoms with Crippen LogP contribution in [0.25, 0.3) is 0 Å². The zero-order chi connectivity index (χ0) is 11.0. The lowest BCUT2D eigenvalue weighted by Crippen LogP contribution is -2.42. The molecule has 1 unspecified atom stereocenters. The van der Waals surface area contributed by atoms with E-state index in [0.717, 1.165) is 25.0 Å². The van der Waals surface area contributed by atoms with Gasteiger partial charge in [0.2, 0.25) is 5.91 Å². The molecule has 0 radical (unpaired) electrons. The van der Waals surface area contributed by atoms with Crippen molar-refractivity contribution in [3.8, 4) is 0 Å². The van der Waals surface area contributed by atoms with E-state index in [1.807, 2.05) is 13.8 Å². The summed E-state index contributed by atoms with van der Waals surface area (Å²) in [6.07, 6.45) is 2.15. The van der Waals surface area contributed by atoms with Gasteiger partial charge in [0.15, 0.2) is 0 Å².